The second-order valence-corrected chi connectivity index (χ2v) is 7.48. The molecule has 2 aromatic rings. The number of likely N-dealkylation sites (tertiary alicyclic amines) is 1. The molecule has 26 heavy (non-hydrogen) atoms. The largest absolute Gasteiger partial charge is 0.379 e. The van der Waals surface area contributed by atoms with Crippen molar-refractivity contribution in [2.75, 3.05) is 39.4 Å². The Morgan fingerprint density at radius 1 is 1.00 bits per heavy atom. The summed E-state index contributed by atoms with van der Waals surface area (Å²) in [6.07, 6.45) is 2.43. The zero-order valence-electron chi connectivity index (χ0n) is 15.7. The molecule has 2 aliphatic rings. The summed E-state index contributed by atoms with van der Waals surface area (Å²) in [6, 6.07) is 10.8. The molecule has 0 radical (unpaired) electrons. The molecule has 0 amide bonds. The molecule has 2 saturated heterocycles. The number of nitrogens with zero attached hydrogens (tertiary/aromatic N) is 5. The van der Waals surface area contributed by atoms with Gasteiger partial charge in [-0.15, -0.1) is 10.2 Å². The lowest BCUT2D eigenvalue weighted by atomic mass is 9.96. The van der Waals surface area contributed by atoms with E-state index in [1.807, 2.05) is 0 Å². The summed E-state index contributed by atoms with van der Waals surface area (Å²) in [7, 11) is 2.13. The van der Waals surface area contributed by atoms with Crippen LogP contribution in [-0.4, -0.2) is 64.0 Å². The van der Waals surface area contributed by atoms with Crippen molar-refractivity contribution in [3.63, 3.8) is 0 Å². The first kappa shape index (κ1) is 17.6. The summed E-state index contributed by atoms with van der Waals surface area (Å²) in [5, 5.41) is 9.08. The molecule has 3 heterocycles. The molecule has 6 heteroatoms. The SMILES string of the molecule is Cn1c(CN2CCOCC2)nnc1[C@@H]1CCCN(Cc2ccccc2)C1. The summed E-state index contributed by atoms with van der Waals surface area (Å²) in [6.45, 7) is 7.74. The fourth-order valence-corrected chi connectivity index (χ4v) is 4.08. The standard InChI is InChI=1S/C20H29N5O/c1-23-19(16-24-10-12-26-13-11-24)21-22-20(23)18-8-5-9-25(15-18)14-17-6-3-2-4-7-17/h2-4,6-7,18H,5,8-16H2,1H3/t18-/m1/s1. The van der Waals surface area contributed by atoms with Gasteiger partial charge in [0.25, 0.3) is 0 Å². The van der Waals surface area contributed by atoms with Crippen molar-refractivity contribution >= 4 is 0 Å². The Kier molecular flexibility index (Phi) is 5.62. The molecule has 0 aliphatic carbocycles. The van der Waals surface area contributed by atoms with Crippen molar-refractivity contribution in [1.29, 1.82) is 0 Å². The fourth-order valence-electron chi connectivity index (χ4n) is 4.08. The minimum atomic E-state index is 0.475. The Hall–Kier alpha value is -1.76. The first-order chi connectivity index (χ1) is 12.8. The monoisotopic (exact) mass is 355 g/mol. The van der Waals surface area contributed by atoms with Gasteiger partial charge in [-0.3, -0.25) is 9.80 Å². The highest BCUT2D eigenvalue weighted by molar-refractivity contribution is 5.15. The van der Waals surface area contributed by atoms with Crippen LogP contribution in [0.4, 0.5) is 0 Å². The summed E-state index contributed by atoms with van der Waals surface area (Å²) >= 11 is 0. The average Bonchev–Trinajstić information content (AvgIpc) is 3.04. The van der Waals surface area contributed by atoms with Crippen molar-refractivity contribution in [3.05, 3.63) is 47.5 Å². The van der Waals surface area contributed by atoms with E-state index in [9.17, 15) is 0 Å². The molecule has 0 spiro atoms. The van der Waals surface area contributed by atoms with Crippen LogP contribution in [0.1, 0.15) is 36.0 Å². The number of morpholine rings is 1. The molecule has 6 nitrogen and oxygen atoms in total. The zero-order valence-corrected chi connectivity index (χ0v) is 15.7. The van der Waals surface area contributed by atoms with Gasteiger partial charge in [0.2, 0.25) is 0 Å². The molecule has 140 valence electrons. The van der Waals surface area contributed by atoms with Crippen molar-refractivity contribution < 1.29 is 4.74 Å². The highest BCUT2D eigenvalue weighted by Crippen LogP contribution is 2.27. The number of hydrogen-bond donors (Lipinski definition) is 0. The first-order valence-electron chi connectivity index (χ1n) is 9.74. The van der Waals surface area contributed by atoms with Crippen LogP contribution in [-0.2, 0) is 24.9 Å². The van der Waals surface area contributed by atoms with Crippen LogP contribution in [0, 0.1) is 0 Å². The van der Waals surface area contributed by atoms with E-state index in [4.69, 9.17) is 4.74 Å². The fraction of sp³-hybridized carbons (Fsp3) is 0.600. The Morgan fingerprint density at radius 3 is 2.62 bits per heavy atom. The van der Waals surface area contributed by atoms with Crippen molar-refractivity contribution in [2.24, 2.45) is 7.05 Å². The number of ether oxygens (including phenoxy) is 1. The molecule has 0 N–H and O–H groups in total. The topological polar surface area (TPSA) is 46.4 Å². The lowest BCUT2D eigenvalue weighted by molar-refractivity contribution is 0.0326. The van der Waals surface area contributed by atoms with Crippen molar-refractivity contribution in [1.82, 2.24) is 24.6 Å². The van der Waals surface area contributed by atoms with Gasteiger partial charge in [0, 0.05) is 39.1 Å². The van der Waals surface area contributed by atoms with Gasteiger partial charge in [-0.2, -0.15) is 0 Å². The normalized spacial score (nSPS) is 22.6. The third kappa shape index (κ3) is 4.14. The predicted molar refractivity (Wildman–Crippen MR) is 101 cm³/mol. The maximum Gasteiger partial charge on any atom is 0.146 e. The van der Waals surface area contributed by atoms with Gasteiger partial charge < -0.3 is 9.30 Å². The Bertz CT molecular complexity index is 695. The van der Waals surface area contributed by atoms with Crippen LogP contribution < -0.4 is 0 Å². The number of hydrogen-bond acceptors (Lipinski definition) is 5. The summed E-state index contributed by atoms with van der Waals surface area (Å²) in [4.78, 5) is 4.96. The van der Waals surface area contributed by atoms with Crippen LogP contribution in [0.5, 0.6) is 0 Å². The van der Waals surface area contributed by atoms with Gasteiger partial charge in [-0.25, -0.2) is 0 Å². The Morgan fingerprint density at radius 2 is 1.81 bits per heavy atom. The zero-order chi connectivity index (χ0) is 17.8. The number of benzene rings is 1. The molecule has 0 unspecified atom stereocenters. The third-order valence-electron chi connectivity index (χ3n) is 5.59. The summed E-state index contributed by atoms with van der Waals surface area (Å²) in [5.41, 5.74) is 1.39. The van der Waals surface area contributed by atoms with Crippen LogP contribution in [0.2, 0.25) is 0 Å². The molecule has 2 aliphatic heterocycles. The minimum absolute atomic E-state index is 0.475. The van der Waals surface area contributed by atoms with Gasteiger partial charge in [-0.05, 0) is 24.9 Å². The highest BCUT2D eigenvalue weighted by Gasteiger charge is 2.26. The van der Waals surface area contributed by atoms with Crippen LogP contribution in [0.15, 0.2) is 30.3 Å². The lowest BCUT2D eigenvalue weighted by Crippen LogP contribution is -2.36. The molecule has 0 saturated carbocycles. The Balaban J connectivity index is 1.40. The van der Waals surface area contributed by atoms with E-state index in [0.29, 0.717) is 5.92 Å². The van der Waals surface area contributed by atoms with E-state index in [1.54, 1.807) is 0 Å². The Labute approximate surface area is 155 Å². The molecular formula is C20H29N5O. The van der Waals surface area contributed by atoms with Crippen molar-refractivity contribution in [3.8, 4) is 0 Å². The summed E-state index contributed by atoms with van der Waals surface area (Å²) < 4.78 is 7.67. The molecule has 4 rings (SSSR count). The van der Waals surface area contributed by atoms with Gasteiger partial charge in [0.05, 0.1) is 19.8 Å². The van der Waals surface area contributed by atoms with E-state index in [2.05, 4.69) is 61.9 Å². The average molecular weight is 355 g/mol. The number of piperidine rings is 1. The first-order valence-corrected chi connectivity index (χ1v) is 9.74. The number of rotatable bonds is 5. The smallest absolute Gasteiger partial charge is 0.146 e. The molecule has 1 atom stereocenters. The van der Waals surface area contributed by atoms with E-state index in [-0.39, 0.29) is 0 Å². The third-order valence-corrected chi connectivity index (χ3v) is 5.59. The van der Waals surface area contributed by atoms with Gasteiger partial charge >= 0.3 is 0 Å². The second-order valence-electron chi connectivity index (χ2n) is 7.48. The molecule has 0 bridgehead atoms. The minimum Gasteiger partial charge on any atom is -0.379 e. The number of aromatic nitrogens is 3. The van der Waals surface area contributed by atoms with Crippen molar-refractivity contribution in [2.45, 2.75) is 31.8 Å². The highest BCUT2D eigenvalue weighted by atomic mass is 16.5. The van der Waals surface area contributed by atoms with Gasteiger partial charge in [-0.1, -0.05) is 30.3 Å². The van der Waals surface area contributed by atoms with E-state index < -0.39 is 0 Å². The molecular weight excluding hydrogens is 326 g/mol. The quantitative estimate of drug-likeness (QED) is 0.821. The maximum absolute atomic E-state index is 5.44. The van der Waals surface area contributed by atoms with Crippen LogP contribution in [0.3, 0.4) is 0 Å². The van der Waals surface area contributed by atoms with E-state index in [0.717, 1.165) is 57.6 Å². The maximum atomic E-state index is 5.44. The van der Waals surface area contributed by atoms with Gasteiger partial charge in [0.1, 0.15) is 11.6 Å². The molecule has 2 fully saturated rings. The van der Waals surface area contributed by atoms with Gasteiger partial charge in [0.15, 0.2) is 0 Å². The van der Waals surface area contributed by atoms with Crippen LogP contribution >= 0.6 is 0 Å². The van der Waals surface area contributed by atoms with E-state index >= 15 is 0 Å². The molecule has 1 aromatic heterocycles. The van der Waals surface area contributed by atoms with E-state index in [1.165, 1.54) is 24.9 Å². The lowest BCUT2D eigenvalue weighted by Gasteiger charge is -2.32. The van der Waals surface area contributed by atoms with Crippen LogP contribution in [0.25, 0.3) is 0 Å². The predicted octanol–water partition coefficient (Wildman–Crippen LogP) is 2.03. The second kappa shape index (κ2) is 8.29. The summed E-state index contributed by atoms with van der Waals surface area (Å²) in [5.74, 6) is 2.69. The molecule has 1 aromatic carbocycles.